The number of nitrogens with zero attached hydrogens (tertiary/aromatic N) is 5. The predicted octanol–water partition coefficient (Wildman–Crippen LogP) is 3.03. The molecule has 1 aromatic rings. The molecule has 0 radical (unpaired) electrons. The first-order valence-corrected chi connectivity index (χ1v) is 13.1. The number of hydrogen-bond acceptors (Lipinski definition) is 9. The first kappa shape index (κ1) is 24.4. The molecule has 11 heteroatoms. The number of likely N-dealkylation sites (tertiary alicyclic amines) is 1. The Morgan fingerprint density at radius 1 is 1.28 bits per heavy atom. The molecule has 2 N–H and O–H groups in total. The summed E-state index contributed by atoms with van der Waals surface area (Å²) in [5, 5.41) is 0.644. The number of anilines is 1. The Labute approximate surface area is 213 Å². The number of piperidine rings is 1. The molecular weight excluding hydrogens is 480 g/mol. The first-order valence-electron chi connectivity index (χ1n) is 12.3. The Kier molecular flexibility index (Phi) is 6.99. The van der Waals surface area contributed by atoms with Crippen LogP contribution in [0.25, 0.3) is 11.5 Å². The van der Waals surface area contributed by atoms with Gasteiger partial charge in [0.25, 0.3) is 5.91 Å². The molecule has 1 saturated heterocycles. The van der Waals surface area contributed by atoms with E-state index in [9.17, 15) is 9.59 Å². The van der Waals surface area contributed by atoms with Crippen molar-refractivity contribution in [1.82, 2.24) is 24.4 Å². The van der Waals surface area contributed by atoms with E-state index in [1.54, 1.807) is 18.2 Å². The third-order valence-electron chi connectivity index (χ3n) is 6.74. The van der Waals surface area contributed by atoms with Crippen molar-refractivity contribution in [3.63, 3.8) is 0 Å². The Balaban J connectivity index is 1.20. The molecular formula is C25H30N6O4S. The number of nitrogens with two attached hydrogens (primary N) is 1. The van der Waals surface area contributed by atoms with Crippen LogP contribution in [-0.4, -0.2) is 62.1 Å². The topological polar surface area (TPSA) is 125 Å². The van der Waals surface area contributed by atoms with E-state index in [0.29, 0.717) is 35.7 Å². The van der Waals surface area contributed by atoms with Gasteiger partial charge >= 0.3 is 5.97 Å². The molecule has 1 fully saturated rings. The third kappa shape index (κ3) is 5.25. The summed E-state index contributed by atoms with van der Waals surface area (Å²) in [4.78, 5) is 40.2. The van der Waals surface area contributed by atoms with Crippen molar-refractivity contribution in [2.75, 3.05) is 25.4 Å². The minimum Gasteiger partial charge on any atom is -0.493 e. The molecule has 1 atom stereocenters. The van der Waals surface area contributed by atoms with Gasteiger partial charge in [-0.2, -0.15) is 0 Å². The smallest absolute Gasteiger partial charge is 0.303 e. The van der Waals surface area contributed by atoms with Crippen molar-refractivity contribution in [2.45, 2.75) is 62.2 Å². The third-order valence-corrected chi connectivity index (χ3v) is 7.59. The lowest BCUT2D eigenvalue weighted by atomic mass is 9.93. The zero-order valence-corrected chi connectivity index (χ0v) is 21.3. The molecule has 10 nitrogen and oxygen atoms in total. The van der Waals surface area contributed by atoms with Crippen LogP contribution in [0.1, 0.15) is 38.7 Å². The van der Waals surface area contributed by atoms with E-state index in [4.69, 9.17) is 20.2 Å². The molecule has 4 aliphatic rings. The number of aromatic nitrogens is 4. The molecule has 0 saturated carbocycles. The summed E-state index contributed by atoms with van der Waals surface area (Å²) < 4.78 is 12.6. The van der Waals surface area contributed by atoms with Crippen LogP contribution in [0.5, 0.6) is 5.75 Å². The minimum atomic E-state index is -0.739. The molecule has 190 valence electrons. The van der Waals surface area contributed by atoms with Crippen molar-refractivity contribution in [3.05, 3.63) is 30.1 Å². The zero-order chi connectivity index (χ0) is 25.2. The SMILES string of the molecule is CC(=O)O[C@@H](C)C(=O)N1CCC(CCn2cnc(N)c3nc(Sc4ccc5c(c4)CCO5)nc2-3)CC1. The van der Waals surface area contributed by atoms with Gasteiger partial charge in [0.1, 0.15) is 5.75 Å². The highest BCUT2D eigenvalue weighted by molar-refractivity contribution is 7.99. The zero-order valence-electron chi connectivity index (χ0n) is 20.5. The van der Waals surface area contributed by atoms with Crippen LogP contribution in [0.4, 0.5) is 5.82 Å². The lowest BCUT2D eigenvalue weighted by Crippen LogP contribution is -2.44. The summed E-state index contributed by atoms with van der Waals surface area (Å²) in [5.41, 5.74) is 7.95. The van der Waals surface area contributed by atoms with Gasteiger partial charge in [-0.05, 0) is 67.6 Å². The van der Waals surface area contributed by atoms with Crippen LogP contribution >= 0.6 is 11.8 Å². The number of benzene rings is 1. The number of hydrogen-bond donors (Lipinski definition) is 1. The minimum absolute atomic E-state index is 0.129. The largest absolute Gasteiger partial charge is 0.493 e. The van der Waals surface area contributed by atoms with Crippen LogP contribution in [0.3, 0.4) is 0 Å². The molecule has 0 bridgehead atoms. The molecule has 36 heavy (non-hydrogen) atoms. The molecule has 4 heterocycles. The van der Waals surface area contributed by atoms with Crippen molar-refractivity contribution < 1.29 is 19.1 Å². The number of carbonyl (C=O) groups excluding carboxylic acids is 2. The summed E-state index contributed by atoms with van der Waals surface area (Å²) in [5.74, 6) is 1.96. The summed E-state index contributed by atoms with van der Waals surface area (Å²) in [7, 11) is 0. The molecule has 4 aliphatic heterocycles. The Hall–Kier alpha value is -3.34. The average molecular weight is 511 g/mol. The Bertz CT molecular complexity index is 1240. The molecule has 0 unspecified atom stereocenters. The number of ether oxygens (including phenoxy) is 2. The van der Waals surface area contributed by atoms with E-state index in [1.807, 2.05) is 16.7 Å². The van der Waals surface area contributed by atoms with Crippen molar-refractivity contribution in [1.29, 1.82) is 0 Å². The van der Waals surface area contributed by atoms with Crippen LogP contribution in [0.15, 0.2) is 34.6 Å². The van der Waals surface area contributed by atoms with Crippen LogP contribution < -0.4 is 10.5 Å². The van der Waals surface area contributed by atoms with Gasteiger partial charge in [-0.3, -0.25) is 9.59 Å². The van der Waals surface area contributed by atoms with Gasteiger partial charge in [0, 0.05) is 37.9 Å². The highest BCUT2D eigenvalue weighted by Crippen LogP contribution is 2.35. The fraction of sp³-hybridized carbons (Fsp3) is 0.480. The number of amides is 1. The summed E-state index contributed by atoms with van der Waals surface area (Å²) in [6, 6.07) is 6.16. The van der Waals surface area contributed by atoms with Crippen LogP contribution in [-0.2, 0) is 27.3 Å². The maximum absolute atomic E-state index is 12.5. The number of imidazole rings is 1. The number of rotatable bonds is 7. The molecule has 1 aromatic carbocycles. The van der Waals surface area contributed by atoms with Crippen LogP contribution in [0, 0.1) is 5.92 Å². The Morgan fingerprint density at radius 3 is 2.86 bits per heavy atom. The summed E-state index contributed by atoms with van der Waals surface area (Å²) >= 11 is 1.51. The fourth-order valence-corrected chi connectivity index (χ4v) is 5.61. The highest BCUT2D eigenvalue weighted by atomic mass is 32.2. The van der Waals surface area contributed by atoms with Crippen molar-refractivity contribution in [3.8, 4) is 17.3 Å². The number of nitrogen functional groups attached to an aromatic ring is 1. The quantitative estimate of drug-likeness (QED) is 0.477. The summed E-state index contributed by atoms with van der Waals surface area (Å²) in [6.07, 6.45) is 4.65. The van der Waals surface area contributed by atoms with E-state index in [-0.39, 0.29) is 5.91 Å². The molecule has 5 rings (SSSR count). The van der Waals surface area contributed by atoms with Crippen molar-refractivity contribution in [2.24, 2.45) is 5.92 Å². The monoisotopic (exact) mass is 510 g/mol. The van der Waals surface area contributed by atoms with Gasteiger partial charge in [0.05, 0.1) is 12.9 Å². The van der Waals surface area contributed by atoms with Gasteiger partial charge in [0.2, 0.25) is 0 Å². The molecule has 0 aliphatic carbocycles. The lowest BCUT2D eigenvalue weighted by molar-refractivity contribution is -0.158. The predicted molar refractivity (Wildman–Crippen MR) is 134 cm³/mol. The van der Waals surface area contributed by atoms with E-state index >= 15 is 0 Å². The molecule has 1 amide bonds. The van der Waals surface area contributed by atoms with E-state index < -0.39 is 12.1 Å². The van der Waals surface area contributed by atoms with Gasteiger partial charge < -0.3 is 24.7 Å². The van der Waals surface area contributed by atoms with Crippen molar-refractivity contribution >= 4 is 29.5 Å². The second kappa shape index (κ2) is 10.3. The first-order chi connectivity index (χ1) is 17.4. The molecule has 0 spiro atoms. The fourth-order valence-electron chi connectivity index (χ4n) is 4.80. The average Bonchev–Trinajstić information content (AvgIpc) is 3.50. The second-order valence-corrected chi connectivity index (χ2v) is 10.3. The number of fused-ring (bicyclic) bond motifs is 2. The number of aryl methyl sites for hydroxylation is 1. The second-order valence-electron chi connectivity index (χ2n) is 9.28. The van der Waals surface area contributed by atoms with E-state index in [2.05, 4.69) is 16.0 Å². The van der Waals surface area contributed by atoms with Gasteiger partial charge in [-0.1, -0.05) is 0 Å². The normalized spacial score (nSPS) is 16.6. The standard InChI is InChI=1S/C25H30N6O4S/c1-15(35-16(2)32)24(33)30-9-5-17(6-10-30)7-11-31-14-27-22(26)21-23(31)29-25(28-21)36-19-3-4-20-18(13-19)8-12-34-20/h3-4,13-15,17H,5-12,26H2,1-2H3/t15-/m0/s1. The van der Waals surface area contributed by atoms with E-state index in [0.717, 1.165) is 55.3 Å². The lowest BCUT2D eigenvalue weighted by Gasteiger charge is -2.33. The van der Waals surface area contributed by atoms with E-state index in [1.165, 1.54) is 24.2 Å². The number of carbonyl (C=O) groups is 2. The number of esters is 1. The summed E-state index contributed by atoms with van der Waals surface area (Å²) in [6.45, 7) is 5.74. The molecule has 0 aromatic heterocycles. The Morgan fingerprint density at radius 2 is 2.08 bits per heavy atom. The maximum Gasteiger partial charge on any atom is 0.303 e. The highest BCUT2D eigenvalue weighted by Gasteiger charge is 2.28. The van der Waals surface area contributed by atoms with Gasteiger partial charge in [0.15, 0.2) is 28.6 Å². The van der Waals surface area contributed by atoms with Gasteiger partial charge in [-0.15, -0.1) is 0 Å². The maximum atomic E-state index is 12.5. The van der Waals surface area contributed by atoms with Gasteiger partial charge in [-0.25, -0.2) is 15.0 Å². The van der Waals surface area contributed by atoms with Crippen LogP contribution in [0.2, 0.25) is 0 Å².